The van der Waals surface area contributed by atoms with E-state index in [4.69, 9.17) is 4.74 Å². The maximum atomic E-state index is 5.87. The number of hydrogen-bond acceptors (Lipinski definition) is 2. The number of aryl methyl sites for hydroxylation is 2. The smallest absolute Gasteiger partial charge is 0.221 e. The standard InChI is InChI=1S/C12H12BrIN2O/c1-8-11(7-13)12(16(2)15-8)17-10-5-3-9(14)4-6-10/h3-6H,7H2,1-2H3. The van der Waals surface area contributed by atoms with Crippen LogP contribution in [0.15, 0.2) is 24.3 Å². The average molecular weight is 407 g/mol. The molecule has 0 fully saturated rings. The van der Waals surface area contributed by atoms with Gasteiger partial charge in [-0.1, -0.05) is 15.9 Å². The van der Waals surface area contributed by atoms with E-state index in [9.17, 15) is 0 Å². The molecule has 2 aromatic rings. The molecule has 0 aliphatic rings. The Morgan fingerprint density at radius 2 is 2.00 bits per heavy atom. The quantitative estimate of drug-likeness (QED) is 0.568. The minimum Gasteiger partial charge on any atom is -0.439 e. The van der Waals surface area contributed by atoms with E-state index in [2.05, 4.69) is 43.6 Å². The van der Waals surface area contributed by atoms with Crippen molar-refractivity contribution in [1.29, 1.82) is 0 Å². The first-order chi connectivity index (χ1) is 8.11. The van der Waals surface area contributed by atoms with Crippen molar-refractivity contribution in [3.05, 3.63) is 39.1 Å². The molecule has 90 valence electrons. The van der Waals surface area contributed by atoms with E-state index < -0.39 is 0 Å². The van der Waals surface area contributed by atoms with E-state index in [1.165, 1.54) is 3.57 Å². The molecule has 0 bridgehead atoms. The molecule has 0 spiro atoms. The molecule has 3 nitrogen and oxygen atoms in total. The monoisotopic (exact) mass is 406 g/mol. The van der Waals surface area contributed by atoms with Crippen molar-refractivity contribution >= 4 is 38.5 Å². The SMILES string of the molecule is Cc1nn(C)c(Oc2ccc(I)cc2)c1CBr. The van der Waals surface area contributed by atoms with E-state index in [1.807, 2.05) is 38.2 Å². The van der Waals surface area contributed by atoms with Crippen LogP contribution in [0.5, 0.6) is 11.6 Å². The van der Waals surface area contributed by atoms with Gasteiger partial charge < -0.3 is 4.74 Å². The van der Waals surface area contributed by atoms with Gasteiger partial charge in [0.25, 0.3) is 0 Å². The molecule has 0 aliphatic heterocycles. The van der Waals surface area contributed by atoms with Crippen LogP contribution in [-0.4, -0.2) is 9.78 Å². The third-order valence-electron chi connectivity index (χ3n) is 2.45. The largest absolute Gasteiger partial charge is 0.439 e. The van der Waals surface area contributed by atoms with Crippen LogP contribution in [0.4, 0.5) is 0 Å². The van der Waals surface area contributed by atoms with Crippen LogP contribution in [0, 0.1) is 10.5 Å². The first-order valence-electron chi connectivity index (χ1n) is 5.13. The zero-order valence-corrected chi connectivity index (χ0v) is 13.3. The van der Waals surface area contributed by atoms with Crippen LogP contribution in [0.25, 0.3) is 0 Å². The highest BCUT2D eigenvalue weighted by molar-refractivity contribution is 14.1. The van der Waals surface area contributed by atoms with Crippen molar-refractivity contribution in [1.82, 2.24) is 9.78 Å². The Balaban J connectivity index is 2.32. The van der Waals surface area contributed by atoms with Gasteiger partial charge in [0.2, 0.25) is 5.88 Å². The number of aromatic nitrogens is 2. The Morgan fingerprint density at radius 1 is 1.35 bits per heavy atom. The first kappa shape index (κ1) is 12.9. The molecule has 2 rings (SSSR count). The van der Waals surface area contributed by atoms with Crippen molar-refractivity contribution in [3.63, 3.8) is 0 Å². The third kappa shape index (κ3) is 2.82. The van der Waals surface area contributed by atoms with E-state index in [1.54, 1.807) is 4.68 Å². The molecule has 0 unspecified atom stereocenters. The molecule has 0 N–H and O–H groups in total. The summed E-state index contributed by atoms with van der Waals surface area (Å²) in [6.07, 6.45) is 0. The topological polar surface area (TPSA) is 27.1 Å². The number of benzene rings is 1. The molecule has 0 atom stereocenters. The minimum atomic E-state index is 0.742. The van der Waals surface area contributed by atoms with E-state index in [0.717, 1.165) is 28.2 Å². The lowest BCUT2D eigenvalue weighted by Gasteiger charge is -2.07. The number of hydrogen-bond donors (Lipinski definition) is 0. The highest BCUT2D eigenvalue weighted by Crippen LogP contribution is 2.29. The van der Waals surface area contributed by atoms with Gasteiger partial charge in [-0.15, -0.1) is 0 Å². The molecule has 1 heterocycles. The Kier molecular flexibility index (Phi) is 4.09. The van der Waals surface area contributed by atoms with Gasteiger partial charge in [0.1, 0.15) is 5.75 Å². The number of rotatable bonds is 3. The number of nitrogens with zero attached hydrogens (tertiary/aromatic N) is 2. The van der Waals surface area contributed by atoms with Crippen molar-refractivity contribution in [3.8, 4) is 11.6 Å². The van der Waals surface area contributed by atoms with Crippen LogP contribution in [-0.2, 0) is 12.4 Å². The second-order valence-corrected chi connectivity index (χ2v) is 5.49. The Labute approximate surface area is 122 Å². The summed E-state index contributed by atoms with van der Waals surface area (Å²) in [7, 11) is 1.89. The molecular formula is C12H12BrIN2O. The van der Waals surface area contributed by atoms with E-state index >= 15 is 0 Å². The zero-order valence-electron chi connectivity index (χ0n) is 9.58. The van der Waals surface area contributed by atoms with Crippen LogP contribution in [0.2, 0.25) is 0 Å². The molecule has 0 amide bonds. The lowest BCUT2D eigenvalue weighted by atomic mass is 10.3. The van der Waals surface area contributed by atoms with Crippen LogP contribution in [0.3, 0.4) is 0 Å². The fraction of sp³-hybridized carbons (Fsp3) is 0.250. The summed E-state index contributed by atoms with van der Waals surface area (Å²) in [4.78, 5) is 0. The summed E-state index contributed by atoms with van der Waals surface area (Å²) in [5, 5.41) is 5.10. The minimum absolute atomic E-state index is 0.742. The van der Waals surface area contributed by atoms with Gasteiger partial charge in [0, 0.05) is 21.5 Å². The molecule has 17 heavy (non-hydrogen) atoms. The molecule has 0 saturated carbocycles. The van der Waals surface area contributed by atoms with E-state index in [-0.39, 0.29) is 0 Å². The lowest BCUT2D eigenvalue weighted by Crippen LogP contribution is -1.96. The molecule has 5 heteroatoms. The highest BCUT2D eigenvalue weighted by Gasteiger charge is 2.14. The van der Waals surface area contributed by atoms with Gasteiger partial charge in [-0.3, -0.25) is 0 Å². The second kappa shape index (κ2) is 5.39. The summed E-state index contributed by atoms with van der Waals surface area (Å²) < 4.78 is 8.83. The average Bonchev–Trinajstić information content (AvgIpc) is 2.57. The van der Waals surface area contributed by atoms with Crippen molar-refractivity contribution in [2.75, 3.05) is 0 Å². The lowest BCUT2D eigenvalue weighted by molar-refractivity contribution is 0.427. The number of halogens is 2. The van der Waals surface area contributed by atoms with Crippen LogP contribution < -0.4 is 4.74 Å². The predicted octanol–water partition coefficient (Wildman–Crippen LogP) is 4.02. The maximum absolute atomic E-state index is 5.87. The summed E-state index contributed by atoms with van der Waals surface area (Å²) in [6, 6.07) is 7.96. The number of ether oxygens (including phenoxy) is 1. The van der Waals surface area contributed by atoms with Gasteiger partial charge >= 0.3 is 0 Å². The summed E-state index contributed by atoms with van der Waals surface area (Å²) in [5.74, 6) is 1.62. The fourth-order valence-corrected chi connectivity index (χ4v) is 2.58. The molecular weight excluding hydrogens is 395 g/mol. The Hall–Kier alpha value is -0.560. The number of alkyl halides is 1. The first-order valence-corrected chi connectivity index (χ1v) is 7.33. The van der Waals surface area contributed by atoms with Gasteiger partial charge in [-0.25, -0.2) is 4.68 Å². The predicted molar refractivity (Wildman–Crippen MR) is 79.8 cm³/mol. The zero-order chi connectivity index (χ0) is 12.4. The maximum Gasteiger partial charge on any atom is 0.221 e. The van der Waals surface area contributed by atoms with Gasteiger partial charge in [0.15, 0.2) is 0 Å². The van der Waals surface area contributed by atoms with Gasteiger partial charge in [-0.05, 0) is 53.8 Å². The van der Waals surface area contributed by atoms with Crippen molar-refractivity contribution in [2.45, 2.75) is 12.3 Å². The molecule has 1 aromatic carbocycles. The molecule has 0 radical (unpaired) electrons. The van der Waals surface area contributed by atoms with Gasteiger partial charge in [0.05, 0.1) is 5.69 Å². The molecule has 0 saturated heterocycles. The summed E-state index contributed by atoms with van der Waals surface area (Å²) in [6.45, 7) is 1.98. The second-order valence-electron chi connectivity index (χ2n) is 3.68. The van der Waals surface area contributed by atoms with Crippen LogP contribution in [0.1, 0.15) is 11.3 Å². The summed E-state index contributed by atoms with van der Waals surface area (Å²) >= 11 is 5.73. The van der Waals surface area contributed by atoms with E-state index in [0.29, 0.717) is 0 Å². The van der Waals surface area contributed by atoms with Crippen molar-refractivity contribution < 1.29 is 4.74 Å². The van der Waals surface area contributed by atoms with Crippen molar-refractivity contribution in [2.24, 2.45) is 7.05 Å². The van der Waals surface area contributed by atoms with Crippen LogP contribution >= 0.6 is 38.5 Å². The fourth-order valence-electron chi connectivity index (χ4n) is 1.58. The highest BCUT2D eigenvalue weighted by atomic mass is 127. The third-order valence-corrected chi connectivity index (χ3v) is 3.73. The summed E-state index contributed by atoms with van der Waals surface area (Å²) in [5.41, 5.74) is 2.08. The van der Waals surface area contributed by atoms with Gasteiger partial charge in [-0.2, -0.15) is 5.10 Å². The Morgan fingerprint density at radius 3 is 2.59 bits per heavy atom. The molecule has 1 aromatic heterocycles. The Bertz CT molecular complexity index is 522. The molecule has 0 aliphatic carbocycles. The normalized spacial score (nSPS) is 10.6.